The smallest absolute Gasteiger partial charge is 0.163 e. The Hall–Kier alpha value is -1.93. The van der Waals surface area contributed by atoms with Crippen molar-refractivity contribution in [3.8, 4) is 11.1 Å². The average Bonchev–Trinajstić information content (AvgIpc) is 3.36. The van der Waals surface area contributed by atoms with Gasteiger partial charge < -0.3 is 5.11 Å². The molecular formula is C27H32O2. The van der Waals surface area contributed by atoms with Gasteiger partial charge in [-0.25, -0.2) is 0 Å². The average molecular weight is 389 g/mol. The van der Waals surface area contributed by atoms with Gasteiger partial charge in [0.15, 0.2) is 5.78 Å². The van der Waals surface area contributed by atoms with E-state index >= 15 is 0 Å². The normalized spacial score (nSPS) is 20.5. The maximum absolute atomic E-state index is 12.6. The monoisotopic (exact) mass is 388 g/mol. The van der Waals surface area contributed by atoms with E-state index in [0.717, 1.165) is 43.2 Å². The Morgan fingerprint density at radius 2 is 1.52 bits per heavy atom. The summed E-state index contributed by atoms with van der Waals surface area (Å²) in [4.78, 5) is 12.6. The zero-order valence-corrected chi connectivity index (χ0v) is 17.8. The van der Waals surface area contributed by atoms with E-state index in [-0.39, 0.29) is 11.5 Å². The number of aliphatic hydroxyl groups is 1. The molecule has 0 saturated heterocycles. The van der Waals surface area contributed by atoms with Crippen LogP contribution < -0.4 is 0 Å². The Morgan fingerprint density at radius 3 is 2.21 bits per heavy atom. The summed E-state index contributed by atoms with van der Waals surface area (Å²) >= 11 is 0. The zero-order chi connectivity index (χ0) is 20.2. The van der Waals surface area contributed by atoms with Crippen LogP contribution in [0.5, 0.6) is 0 Å². The molecule has 0 saturated carbocycles. The quantitative estimate of drug-likeness (QED) is 0.618. The van der Waals surface area contributed by atoms with Crippen LogP contribution in [0.15, 0.2) is 24.3 Å². The number of rotatable bonds is 6. The Labute approximate surface area is 174 Å². The molecule has 0 aliphatic heterocycles. The van der Waals surface area contributed by atoms with E-state index in [4.69, 9.17) is 0 Å². The van der Waals surface area contributed by atoms with Crippen molar-refractivity contribution in [1.29, 1.82) is 0 Å². The van der Waals surface area contributed by atoms with Crippen LogP contribution in [0.2, 0.25) is 0 Å². The first-order valence-corrected chi connectivity index (χ1v) is 11.7. The third-order valence-electron chi connectivity index (χ3n) is 7.73. The third-order valence-corrected chi connectivity index (χ3v) is 7.73. The summed E-state index contributed by atoms with van der Waals surface area (Å²) < 4.78 is 0. The number of carbonyl (C=O) groups excluding carboxylic acids is 1. The van der Waals surface area contributed by atoms with Crippen molar-refractivity contribution in [2.75, 3.05) is 0 Å². The molecule has 2 nitrogen and oxygen atoms in total. The van der Waals surface area contributed by atoms with Crippen molar-refractivity contribution >= 4 is 5.78 Å². The second-order valence-corrected chi connectivity index (χ2v) is 9.42. The topological polar surface area (TPSA) is 37.3 Å². The minimum atomic E-state index is -0.319. The first-order chi connectivity index (χ1) is 14.1. The van der Waals surface area contributed by atoms with Crippen LogP contribution in [-0.2, 0) is 18.3 Å². The summed E-state index contributed by atoms with van der Waals surface area (Å²) in [7, 11) is 0. The number of carbonyl (C=O) groups is 1. The molecule has 2 aromatic rings. The van der Waals surface area contributed by atoms with Gasteiger partial charge in [-0.3, -0.25) is 4.79 Å². The highest BCUT2D eigenvalue weighted by molar-refractivity contribution is 6.02. The molecule has 152 valence electrons. The van der Waals surface area contributed by atoms with Gasteiger partial charge in [0.25, 0.3) is 0 Å². The van der Waals surface area contributed by atoms with E-state index in [1.165, 1.54) is 59.1 Å². The number of unbranched alkanes of at least 4 members (excludes halogenated alkanes) is 2. The number of Topliss-reactive ketones (excluding diaryl/α,β-unsaturated/α-hetero) is 1. The fraction of sp³-hybridized carbons (Fsp3) is 0.519. The van der Waals surface area contributed by atoms with Crippen LogP contribution in [-0.4, -0.2) is 10.9 Å². The lowest BCUT2D eigenvalue weighted by Gasteiger charge is -2.33. The molecule has 0 fully saturated rings. The van der Waals surface area contributed by atoms with E-state index in [2.05, 4.69) is 38.1 Å². The van der Waals surface area contributed by atoms with E-state index in [1.807, 2.05) is 0 Å². The lowest BCUT2D eigenvalue weighted by Crippen LogP contribution is -2.26. The van der Waals surface area contributed by atoms with Gasteiger partial charge in [0.2, 0.25) is 0 Å². The summed E-state index contributed by atoms with van der Waals surface area (Å²) in [6.07, 6.45) is 10.0. The molecule has 0 aromatic heterocycles. The largest absolute Gasteiger partial charge is 0.388 e. The summed E-state index contributed by atoms with van der Waals surface area (Å²) in [5.41, 5.74) is 10.2. The molecule has 2 aromatic carbocycles. The molecule has 29 heavy (non-hydrogen) atoms. The minimum absolute atomic E-state index is 0.00801. The first-order valence-electron chi connectivity index (χ1n) is 11.7. The van der Waals surface area contributed by atoms with Crippen LogP contribution in [0.3, 0.4) is 0 Å². The second kappa shape index (κ2) is 7.09. The number of aryl methyl sites for hydroxylation is 2. The number of fused-ring (bicyclic) bond motifs is 5. The van der Waals surface area contributed by atoms with Gasteiger partial charge in [-0.05, 0) is 77.1 Å². The Morgan fingerprint density at radius 1 is 0.862 bits per heavy atom. The molecule has 0 radical (unpaired) electrons. The molecule has 0 amide bonds. The Kier molecular flexibility index (Phi) is 4.66. The molecule has 1 atom stereocenters. The number of benzene rings is 2. The summed E-state index contributed by atoms with van der Waals surface area (Å²) in [6, 6.07) is 9.34. The molecule has 0 bridgehead atoms. The number of hydrogen-bond donors (Lipinski definition) is 1. The summed E-state index contributed by atoms with van der Waals surface area (Å²) in [6.45, 7) is 4.53. The van der Waals surface area contributed by atoms with Crippen molar-refractivity contribution in [3.05, 3.63) is 57.6 Å². The molecule has 0 spiro atoms. The molecule has 0 heterocycles. The number of ketones is 1. The lowest BCUT2D eigenvalue weighted by molar-refractivity contribution is 0.0994. The molecule has 1 N–H and O–H groups in total. The van der Waals surface area contributed by atoms with Crippen LogP contribution in [0.25, 0.3) is 11.1 Å². The van der Waals surface area contributed by atoms with Crippen LogP contribution in [0.4, 0.5) is 0 Å². The lowest BCUT2D eigenvalue weighted by atomic mass is 9.70. The van der Waals surface area contributed by atoms with E-state index in [0.29, 0.717) is 12.2 Å². The molecule has 3 aliphatic carbocycles. The van der Waals surface area contributed by atoms with Crippen molar-refractivity contribution in [3.63, 3.8) is 0 Å². The maximum atomic E-state index is 12.6. The molecule has 3 aliphatic rings. The summed E-state index contributed by atoms with van der Waals surface area (Å²) in [5.74, 6) is 0.316. The first kappa shape index (κ1) is 19.1. The minimum Gasteiger partial charge on any atom is -0.388 e. The highest BCUT2D eigenvalue weighted by Crippen LogP contribution is 2.56. The van der Waals surface area contributed by atoms with Crippen molar-refractivity contribution < 1.29 is 9.90 Å². The van der Waals surface area contributed by atoms with Crippen LogP contribution >= 0.6 is 0 Å². The van der Waals surface area contributed by atoms with Crippen LogP contribution in [0.1, 0.15) is 109 Å². The van der Waals surface area contributed by atoms with E-state index < -0.39 is 0 Å². The molecule has 1 unspecified atom stereocenters. The molecule has 2 heteroatoms. The van der Waals surface area contributed by atoms with Gasteiger partial charge in [-0.1, -0.05) is 57.7 Å². The number of hydrogen-bond acceptors (Lipinski definition) is 2. The van der Waals surface area contributed by atoms with Gasteiger partial charge in [0.1, 0.15) is 0 Å². The van der Waals surface area contributed by atoms with Crippen molar-refractivity contribution in [1.82, 2.24) is 0 Å². The Bertz CT molecular complexity index is 977. The van der Waals surface area contributed by atoms with E-state index in [1.54, 1.807) is 0 Å². The molecular weight excluding hydrogens is 356 g/mol. The maximum Gasteiger partial charge on any atom is 0.163 e. The third kappa shape index (κ3) is 2.75. The highest BCUT2D eigenvalue weighted by Gasteiger charge is 2.44. The standard InChI is InChI=1S/C27H32O2/c1-3-5-11-27(12-6-4-2)23-15-19-17(7-9-25(19)28)13-21(23)22-14-18-8-10-26(29)20(18)16-24(22)27/h13-16,25,28H,3-12H2,1-2H3. The van der Waals surface area contributed by atoms with Gasteiger partial charge in [-0.2, -0.15) is 0 Å². The fourth-order valence-corrected chi connectivity index (χ4v) is 6.13. The predicted octanol–water partition coefficient (Wildman–Crippen LogP) is 6.44. The van der Waals surface area contributed by atoms with Gasteiger partial charge in [-0.15, -0.1) is 0 Å². The zero-order valence-electron chi connectivity index (χ0n) is 17.8. The number of aliphatic hydroxyl groups excluding tert-OH is 1. The molecule has 5 rings (SSSR count). The van der Waals surface area contributed by atoms with E-state index in [9.17, 15) is 9.90 Å². The SMILES string of the molecule is CCCCC1(CCCC)c2cc3c(cc2-c2cc4c(cc21)C(O)CC4)CCC3=O. The van der Waals surface area contributed by atoms with Crippen molar-refractivity contribution in [2.24, 2.45) is 0 Å². The summed E-state index contributed by atoms with van der Waals surface area (Å²) in [5, 5.41) is 10.6. The predicted molar refractivity (Wildman–Crippen MR) is 118 cm³/mol. The second-order valence-electron chi connectivity index (χ2n) is 9.42. The van der Waals surface area contributed by atoms with Crippen molar-refractivity contribution in [2.45, 2.75) is 89.6 Å². The fourth-order valence-electron chi connectivity index (χ4n) is 6.13. The Balaban J connectivity index is 1.77. The highest BCUT2D eigenvalue weighted by atomic mass is 16.3. The van der Waals surface area contributed by atoms with Gasteiger partial charge in [0.05, 0.1) is 6.10 Å². The van der Waals surface area contributed by atoms with Gasteiger partial charge >= 0.3 is 0 Å². The van der Waals surface area contributed by atoms with Crippen LogP contribution in [0, 0.1) is 0 Å². The van der Waals surface area contributed by atoms with Gasteiger partial charge in [0, 0.05) is 17.4 Å².